The van der Waals surface area contributed by atoms with E-state index >= 15 is 0 Å². The Morgan fingerprint density at radius 1 is 1.19 bits per heavy atom. The van der Waals surface area contributed by atoms with Crippen molar-refractivity contribution >= 4 is 23.2 Å². The molecule has 6 nitrogen and oxygen atoms in total. The first-order chi connectivity index (χ1) is 13.1. The Balaban J connectivity index is 1.68. The van der Waals surface area contributed by atoms with Gasteiger partial charge in [-0.1, -0.05) is 31.9 Å². The number of carbonyl (C=O) groups excluding carboxylic acids is 2. The molecule has 0 atom stereocenters. The molecule has 146 valence electrons. The van der Waals surface area contributed by atoms with E-state index in [1.165, 1.54) is 23.5 Å². The number of unbranched alkanes of at least 4 members (excludes halogenated alkanes) is 2. The summed E-state index contributed by atoms with van der Waals surface area (Å²) in [4.78, 5) is 27.8. The fourth-order valence-electron chi connectivity index (χ4n) is 2.28. The molecular formula is C19H24FN3O3S. The van der Waals surface area contributed by atoms with Crippen molar-refractivity contribution in [3.63, 3.8) is 0 Å². The predicted octanol–water partition coefficient (Wildman–Crippen LogP) is 3.29. The number of nitrogens with one attached hydrogen (secondary N) is 2. The van der Waals surface area contributed by atoms with E-state index in [1.807, 2.05) is 0 Å². The minimum atomic E-state index is -0.441. The number of nitrogens with zero attached hydrogens (tertiary/aromatic N) is 1. The van der Waals surface area contributed by atoms with E-state index in [0.717, 1.165) is 19.3 Å². The summed E-state index contributed by atoms with van der Waals surface area (Å²) in [5.41, 5.74) is 0.279. The smallest absolute Gasteiger partial charge is 0.270 e. The Labute approximate surface area is 162 Å². The Bertz CT molecular complexity index is 751. The average Bonchev–Trinajstić information content (AvgIpc) is 3.14. The van der Waals surface area contributed by atoms with Crippen LogP contribution in [-0.2, 0) is 11.4 Å². The largest absolute Gasteiger partial charge is 0.483 e. The third-order valence-corrected chi connectivity index (χ3v) is 4.53. The number of amides is 2. The van der Waals surface area contributed by atoms with Gasteiger partial charge in [-0.05, 0) is 18.6 Å². The van der Waals surface area contributed by atoms with Crippen LogP contribution in [0.4, 0.5) is 4.39 Å². The second-order valence-corrected chi connectivity index (χ2v) is 6.85. The fraction of sp³-hybridized carbons (Fsp3) is 0.421. The highest BCUT2D eigenvalue weighted by atomic mass is 32.1. The summed E-state index contributed by atoms with van der Waals surface area (Å²) >= 11 is 1.27. The second-order valence-electron chi connectivity index (χ2n) is 5.91. The Hall–Kier alpha value is -2.48. The van der Waals surface area contributed by atoms with Gasteiger partial charge >= 0.3 is 0 Å². The van der Waals surface area contributed by atoms with Crippen LogP contribution in [-0.4, -0.2) is 29.9 Å². The molecule has 1 aromatic carbocycles. The van der Waals surface area contributed by atoms with E-state index in [9.17, 15) is 14.0 Å². The van der Waals surface area contributed by atoms with E-state index in [2.05, 4.69) is 22.5 Å². The zero-order chi connectivity index (χ0) is 19.5. The van der Waals surface area contributed by atoms with Gasteiger partial charge in [0.25, 0.3) is 5.91 Å². The van der Waals surface area contributed by atoms with E-state index in [-0.39, 0.29) is 29.9 Å². The molecule has 2 amide bonds. The summed E-state index contributed by atoms with van der Waals surface area (Å²) in [7, 11) is 0. The number of hydrogen-bond donors (Lipinski definition) is 2. The number of rotatable bonds is 11. The fourth-order valence-corrected chi connectivity index (χ4v) is 2.96. The maximum absolute atomic E-state index is 13.5. The molecule has 0 saturated heterocycles. The van der Waals surface area contributed by atoms with E-state index in [4.69, 9.17) is 4.74 Å². The minimum absolute atomic E-state index is 0.000985. The van der Waals surface area contributed by atoms with Crippen LogP contribution in [0, 0.1) is 5.82 Å². The highest BCUT2D eigenvalue weighted by molar-refractivity contribution is 7.09. The maximum Gasteiger partial charge on any atom is 0.270 e. The predicted molar refractivity (Wildman–Crippen MR) is 102 cm³/mol. The SMILES string of the molecule is CCCCCC(=O)NCCNC(=O)c1csc(COc2ccccc2F)n1. The third kappa shape index (κ3) is 7.34. The molecule has 2 aromatic rings. The first-order valence-corrected chi connectivity index (χ1v) is 9.84. The number of hydrogen-bond acceptors (Lipinski definition) is 5. The number of benzene rings is 1. The summed E-state index contributed by atoms with van der Waals surface area (Å²) in [6.07, 6.45) is 3.51. The lowest BCUT2D eigenvalue weighted by atomic mass is 10.2. The van der Waals surface area contributed by atoms with Crippen molar-refractivity contribution in [2.24, 2.45) is 0 Å². The Morgan fingerprint density at radius 3 is 2.74 bits per heavy atom. The van der Waals surface area contributed by atoms with Gasteiger partial charge in [-0.25, -0.2) is 9.37 Å². The van der Waals surface area contributed by atoms with E-state index in [1.54, 1.807) is 17.5 Å². The van der Waals surface area contributed by atoms with E-state index in [0.29, 0.717) is 24.5 Å². The van der Waals surface area contributed by atoms with Crippen molar-refractivity contribution in [3.05, 3.63) is 46.2 Å². The molecule has 2 rings (SSSR count). The van der Waals surface area contributed by atoms with Crippen LogP contribution in [0.5, 0.6) is 5.75 Å². The standard InChI is InChI=1S/C19H24FN3O3S/c1-2-3-4-9-17(24)21-10-11-22-19(25)15-13-27-18(23-15)12-26-16-8-6-5-7-14(16)20/h5-8,13H,2-4,9-12H2,1H3,(H,21,24)(H,22,25). The highest BCUT2D eigenvalue weighted by Crippen LogP contribution is 2.18. The van der Waals surface area contributed by atoms with Crippen LogP contribution in [0.1, 0.15) is 48.1 Å². The number of aromatic nitrogens is 1. The van der Waals surface area contributed by atoms with Crippen molar-refractivity contribution in [3.8, 4) is 5.75 Å². The Morgan fingerprint density at radius 2 is 1.96 bits per heavy atom. The van der Waals surface area contributed by atoms with Gasteiger partial charge in [0.15, 0.2) is 11.6 Å². The lowest BCUT2D eigenvalue weighted by molar-refractivity contribution is -0.121. The number of thiazole rings is 1. The quantitative estimate of drug-likeness (QED) is 0.574. The maximum atomic E-state index is 13.5. The van der Waals surface area contributed by atoms with Gasteiger partial charge < -0.3 is 15.4 Å². The molecule has 1 heterocycles. The first kappa shape index (κ1) is 20.8. The molecule has 0 spiro atoms. The van der Waals surface area contributed by atoms with Gasteiger partial charge in [-0.3, -0.25) is 9.59 Å². The highest BCUT2D eigenvalue weighted by Gasteiger charge is 2.11. The van der Waals surface area contributed by atoms with Crippen molar-refractivity contribution in [1.82, 2.24) is 15.6 Å². The monoisotopic (exact) mass is 393 g/mol. The molecule has 0 unspecified atom stereocenters. The average molecular weight is 393 g/mol. The normalized spacial score (nSPS) is 10.4. The molecule has 0 bridgehead atoms. The summed E-state index contributed by atoms with van der Waals surface area (Å²) < 4.78 is 18.9. The molecule has 0 radical (unpaired) electrons. The molecule has 0 saturated carbocycles. The van der Waals surface area contributed by atoms with Crippen LogP contribution in [0.2, 0.25) is 0 Å². The van der Waals surface area contributed by atoms with Gasteiger partial charge in [0.2, 0.25) is 5.91 Å². The molecule has 2 N–H and O–H groups in total. The summed E-state index contributed by atoms with van der Waals surface area (Å²) in [6, 6.07) is 6.12. The van der Waals surface area contributed by atoms with Crippen LogP contribution in [0.3, 0.4) is 0 Å². The molecular weight excluding hydrogens is 369 g/mol. The van der Waals surface area contributed by atoms with Crippen LogP contribution in [0.15, 0.2) is 29.6 Å². The summed E-state index contributed by atoms with van der Waals surface area (Å²) in [6.45, 7) is 2.89. The van der Waals surface area contributed by atoms with Crippen LogP contribution in [0.25, 0.3) is 0 Å². The number of ether oxygens (including phenoxy) is 1. The molecule has 0 aliphatic heterocycles. The zero-order valence-corrected chi connectivity index (χ0v) is 16.1. The summed E-state index contributed by atoms with van der Waals surface area (Å²) in [5, 5.41) is 7.68. The van der Waals surface area contributed by atoms with Crippen LogP contribution >= 0.6 is 11.3 Å². The van der Waals surface area contributed by atoms with Gasteiger partial charge in [0, 0.05) is 24.9 Å². The van der Waals surface area contributed by atoms with Crippen molar-refractivity contribution < 1.29 is 18.7 Å². The summed E-state index contributed by atoms with van der Waals surface area (Å²) in [5.74, 6) is -0.611. The van der Waals surface area contributed by atoms with Crippen molar-refractivity contribution in [1.29, 1.82) is 0 Å². The first-order valence-electron chi connectivity index (χ1n) is 8.96. The number of halogens is 1. The van der Waals surface area contributed by atoms with Crippen molar-refractivity contribution in [2.75, 3.05) is 13.1 Å². The van der Waals surface area contributed by atoms with Crippen LogP contribution < -0.4 is 15.4 Å². The zero-order valence-electron chi connectivity index (χ0n) is 15.3. The molecule has 8 heteroatoms. The van der Waals surface area contributed by atoms with Gasteiger partial charge in [-0.2, -0.15) is 0 Å². The van der Waals surface area contributed by atoms with Gasteiger partial charge in [0.1, 0.15) is 17.3 Å². The van der Waals surface area contributed by atoms with Crippen molar-refractivity contribution in [2.45, 2.75) is 39.2 Å². The molecule has 27 heavy (non-hydrogen) atoms. The minimum Gasteiger partial charge on any atom is -0.483 e. The molecule has 1 aromatic heterocycles. The third-order valence-electron chi connectivity index (χ3n) is 3.71. The lowest BCUT2D eigenvalue weighted by Gasteiger charge is -2.06. The molecule has 0 fully saturated rings. The lowest BCUT2D eigenvalue weighted by Crippen LogP contribution is -2.34. The number of carbonyl (C=O) groups is 2. The van der Waals surface area contributed by atoms with Gasteiger partial charge in [-0.15, -0.1) is 11.3 Å². The van der Waals surface area contributed by atoms with E-state index < -0.39 is 5.82 Å². The Kier molecular flexibility index (Phi) is 8.70. The second kappa shape index (κ2) is 11.3. The molecule has 0 aliphatic rings. The number of para-hydroxylation sites is 1. The van der Waals surface area contributed by atoms with Gasteiger partial charge in [0.05, 0.1) is 0 Å². The topological polar surface area (TPSA) is 80.3 Å². The molecule has 0 aliphatic carbocycles.